The number of aliphatic hydroxyl groups excluding tert-OH is 1. The lowest BCUT2D eigenvalue weighted by Gasteiger charge is -2.24. The molecule has 0 aliphatic carbocycles. The third-order valence-electron chi connectivity index (χ3n) is 5.11. The smallest absolute Gasteiger partial charge is 0.337 e. The lowest BCUT2D eigenvalue weighted by atomic mass is 9.94. The molecule has 1 atom stereocenters. The number of Topliss-reactive ketones (excluding diaryl/α,β-unsaturated/α-hetero) is 1. The molecule has 1 aromatic heterocycles. The van der Waals surface area contributed by atoms with Gasteiger partial charge < -0.3 is 9.84 Å². The summed E-state index contributed by atoms with van der Waals surface area (Å²) in [5.74, 6) is -3.04. The molecule has 1 N–H and O–H groups in total. The molecule has 0 saturated carbocycles. The molecule has 1 aliphatic rings. The Labute approximate surface area is 182 Å². The fraction of sp³-hybridized carbons (Fsp3) is 0.0833. The fourth-order valence-electron chi connectivity index (χ4n) is 3.56. The van der Waals surface area contributed by atoms with Gasteiger partial charge in [-0.25, -0.2) is 14.2 Å². The zero-order chi connectivity index (χ0) is 22.8. The highest BCUT2D eigenvalue weighted by molar-refractivity contribution is 6.51. The summed E-state index contributed by atoms with van der Waals surface area (Å²) >= 11 is 0. The van der Waals surface area contributed by atoms with Gasteiger partial charge in [0, 0.05) is 11.8 Å². The van der Waals surface area contributed by atoms with E-state index in [0.29, 0.717) is 5.56 Å². The Bertz CT molecular complexity index is 1220. The molecule has 4 rings (SSSR count). The highest BCUT2D eigenvalue weighted by Crippen LogP contribution is 2.41. The van der Waals surface area contributed by atoms with Gasteiger partial charge in [0.2, 0.25) is 0 Å². The predicted octanol–water partition coefficient (Wildman–Crippen LogP) is 3.63. The van der Waals surface area contributed by atoms with Crippen LogP contribution in [0.1, 0.15) is 27.5 Å². The molecule has 1 unspecified atom stereocenters. The van der Waals surface area contributed by atoms with Gasteiger partial charge in [-0.2, -0.15) is 0 Å². The van der Waals surface area contributed by atoms with Crippen LogP contribution in [-0.4, -0.2) is 34.9 Å². The van der Waals surface area contributed by atoms with Crippen molar-refractivity contribution in [1.82, 2.24) is 4.98 Å². The van der Waals surface area contributed by atoms with E-state index >= 15 is 0 Å². The highest BCUT2D eigenvalue weighted by Gasteiger charge is 2.47. The van der Waals surface area contributed by atoms with Crippen molar-refractivity contribution in [1.29, 1.82) is 0 Å². The quantitative estimate of drug-likeness (QED) is 0.293. The van der Waals surface area contributed by atoms with Gasteiger partial charge in [0.15, 0.2) is 0 Å². The number of methoxy groups -OCH3 is 1. The first-order valence-electron chi connectivity index (χ1n) is 9.58. The maximum Gasteiger partial charge on any atom is 0.337 e. The van der Waals surface area contributed by atoms with Crippen LogP contribution in [0.4, 0.5) is 10.2 Å². The van der Waals surface area contributed by atoms with E-state index in [1.807, 2.05) is 0 Å². The summed E-state index contributed by atoms with van der Waals surface area (Å²) in [6.45, 7) is 0. The molecular weight excluding hydrogens is 415 g/mol. The number of hydrogen-bond donors (Lipinski definition) is 1. The van der Waals surface area contributed by atoms with Crippen molar-refractivity contribution in [3.8, 4) is 0 Å². The van der Waals surface area contributed by atoms with E-state index in [2.05, 4.69) is 4.98 Å². The molecule has 2 aromatic carbocycles. The number of hydrogen-bond acceptors (Lipinski definition) is 6. The number of anilines is 1. The lowest BCUT2D eigenvalue weighted by molar-refractivity contribution is -0.132. The molecule has 0 bridgehead atoms. The summed E-state index contributed by atoms with van der Waals surface area (Å²) < 4.78 is 18.1. The second-order valence-corrected chi connectivity index (χ2v) is 6.98. The number of ether oxygens (including phenoxy) is 1. The number of halogens is 1. The first-order chi connectivity index (χ1) is 15.4. The third-order valence-corrected chi connectivity index (χ3v) is 5.11. The van der Waals surface area contributed by atoms with E-state index in [1.165, 1.54) is 42.5 Å². The third kappa shape index (κ3) is 3.62. The minimum absolute atomic E-state index is 0.168. The maximum atomic E-state index is 13.4. The fourth-order valence-corrected chi connectivity index (χ4v) is 3.56. The van der Waals surface area contributed by atoms with Crippen molar-refractivity contribution in [3.05, 3.63) is 101 Å². The predicted molar refractivity (Wildman–Crippen MR) is 113 cm³/mol. The number of aromatic nitrogens is 1. The number of pyridine rings is 1. The second kappa shape index (κ2) is 8.43. The Balaban J connectivity index is 1.90. The number of carbonyl (C=O) groups is 3. The molecule has 32 heavy (non-hydrogen) atoms. The zero-order valence-corrected chi connectivity index (χ0v) is 16.9. The molecule has 160 valence electrons. The van der Waals surface area contributed by atoms with E-state index in [4.69, 9.17) is 4.74 Å². The SMILES string of the molecule is COC(=O)c1ccc(C2C(=C(O)c3ccc(F)cc3)C(=O)C(=O)N2c2ccccn2)cc1. The van der Waals surface area contributed by atoms with Crippen LogP contribution in [0.3, 0.4) is 0 Å². The van der Waals surface area contributed by atoms with E-state index in [9.17, 15) is 23.9 Å². The number of aliphatic hydroxyl groups is 1. The largest absolute Gasteiger partial charge is 0.507 e. The van der Waals surface area contributed by atoms with Crippen molar-refractivity contribution >= 4 is 29.2 Å². The summed E-state index contributed by atoms with van der Waals surface area (Å²) in [6, 6.07) is 14.9. The Morgan fingerprint density at radius 2 is 1.66 bits per heavy atom. The number of ketones is 1. The van der Waals surface area contributed by atoms with Gasteiger partial charge in [0.1, 0.15) is 17.4 Å². The van der Waals surface area contributed by atoms with Crippen molar-refractivity contribution in [2.24, 2.45) is 0 Å². The molecule has 0 spiro atoms. The Morgan fingerprint density at radius 1 is 1.00 bits per heavy atom. The van der Waals surface area contributed by atoms with Crippen molar-refractivity contribution < 1.29 is 28.6 Å². The van der Waals surface area contributed by atoms with Crippen molar-refractivity contribution in [3.63, 3.8) is 0 Å². The maximum absolute atomic E-state index is 13.4. The van der Waals surface area contributed by atoms with Crippen LogP contribution in [0, 0.1) is 5.82 Å². The first kappa shape index (κ1) is 20.9. The molecule has 8 heteroatoms. The van der Waals surface area contributed by atoms with Crippen LogP contribution in [0.5, 0.6) is 0 Å². The molecule has 7 nitrogen and oxygen atoms in total. The lowest BCUT2D eigenvalue weighted by Crippen LogP contribution is -2.30. The molecular formula is C24H17FN2O5. The van der Waals surface area contributed by atoms with Crippen LogP contribution in [0.2, 0.25) is 0 Å². The highest BCUT2D eigenvalue weighted by atomic mass is 19.1. The van der Waals surface area contributed by atoms with Gasteiger partial charge in [-0.3, -0.25) is 14.5 Å². The van der Waals surface area contributed by atoms with Gasteiger partial charge in [0.05, 0.1) is 24.3 Å². The van der Waals surface area contributed by atoms with E-state index in [0.717, 1.165) is 12.1 Å². The van der Waals surface area contributed by atoms with E-state index < -0.39 is 35.3 Å². The molecule has 1 amide bonds. The number of carbonyl (C=O) groups excluding carboxylic acids is 3. The van der Waals surface area contributed by atoms with Gasteiger partial charge in [-0.05, 0) is 54.1 Å². The number of benzene rings is 2. The summed E-state index contributed by atoms with van der Waals surface area (Å²) in [4.78, 5) is 43.1. The molecule has 3 aromatic rings. The van der Waals surface area contributed by atoms with Crippen LogP contribution in [0.15, 0.2) is 78.5 Å². The molecule has 1 saturated heterocycles. The van der Waals surface area contributed by atoms with E-state index in [1.54, 1.807) is 30.3 Å². The number of amides is 1. The van der Waals surface area contributed by atoms with Crippen molar-refractivity contribution in [2.75, 3.05) is 12.0 Å². The summed E-state index contributed by atoms with van der Waals surface area (Å²) in [7, 11) is 1.26. The van der Waals surface area contributed by atoms with Crippen LogP contribution in [0.25, 0.3) is 5.76 Å². The van der Waals surface area contributed by atoms with Gasteiger partial charge >= 0.3 is 11.9 Å². The zero-order valence-electron chi connectivity index (χ0n) is 16.9. The molecule has 1 aliphatic heterocycles. The second-order valence-electron chi connectivity index (χ2n) is 6.98. The normalized spacial score (nSPS) is 17.4. The summed E-state index contributed by atoms with van der Waals surface area (Å²) in [6.07, 6.45) is 1.48. The van der Waals surface area contributed by atoms with Gasteiger partial charge in [-0.1, -0.05) is 18.2 Å². The topological polar surface area (TPSA) is 96.8 Å². The molecule has 2 heterocycles. The Hall–Kier alpha value is -4.33. The minimum Gasteiger partial charge on any atom is -0.507 e. The van der Waals surface area contributed by atoms with Gasteiger partial charge in [0.25, 0.3) is 5.78 Å². The van der Waals surface area contributed by atoms with Gasteiger partial charge in [-0.15, -0.1) is 0 Å². The Morgan fingerprint density at radius 3 is 2.25 bits per heavy atom. The molecule has 0 radical (unpaired) electrons. The number of esters is 1. The average Bonchev–Trinajstić information content (AvgIpc) is 3.09. The van der Waals surface area contributed by atoms with Crippen LogP contribution in [-0.2, 0) is 14.3 Å². The standard InChI is InChI=1S/C24H17FN2O5/c1-32-24(31)16-7-5-14(6-8-16)20-19(21(28)15-9-11-17(25)12-10-15)22(29)23(30)27(20)18-4-2-3-13-26-18/h2-13,20,28H,1H3. The van der Waals surface area contributed by atoms with E-state index in [-0.39, 0.29) is 22.5 Å². The van der Waals surface area contributed by atoms with Crippen LogP contribution < -0.4 is 4.90 Å². The monoisotopic (exact) mass is 432 g/mol. The number of nitrogens with zero attached hydrogens (tertiary/aromatic N) is 2. The molecule has 1 fully saturated rings. The van der Waals surface area contributed by atoms with Crippen molar-refractivity contribution in [2.45, 2.75) is 6.04 Å². The average molecular weight is 432 g/mol. The minimum atomic E-state index is -1.01. The number of rotatable bonds is 4. The first-order valence-corrected chi connectivity index (χ1v) is 9.58. The van der Waals surface area contributed by atoms with Crippen LogP contribution >= 0.6 is 0 Å². The Kier molecular flexibility index (Phi) is 5.51. The summed E-state index contributed by atoms with van der Waals surface area (Å²) in [5.41, 5.74) is 0.760. The summed E-state index contributed by atoms with van der Waals surface area (Å²) in [5, 5.41) is 10.9.